The molecule has 0 heterocycles. The van der Waals surface area contributed by atoms with Crippen molar-refractivity contribution in [1.29, 1.82) is 0 Å². The number of aldehydes is 1. The molecule has 0 saturated carbocycles. The predicted octanol–water partition coefficient (Wildman–Crippen LogP) is 3.90. The van der Waals surface area contributed by atoms with Gasteiger partial charge in [-0.25, -0.2) is 4.39 Å². The van der Waals surface area contributed by atoms with E-state index in [0.717, 1.165) is 16.7 Å². The monoisotopic (exact) mass is 343 g/mol. The SMILES string of the molecule is Cc1ccc([C@H](c2ccc(C)cc2F)[C@H](C)OC[C@](C)(N)C=O)cc1. The van der Waals surface area contributed by atoms with Crippen molar-refractivity contribution >= 4 is 6.29 Å². The number of hydrogen-bond donors (Lipinski definition) is 1. The van der Waals surface area contributed by atoms with Crippen molar-refractivity contribution in [3.63, 3.8) is 0 Å². The molecule has 0 aromatic heterocycles. The molecule has 0 aliphatic heterocycles. The molecular formula is C21H26FNO2. The summed E-state index contributed by atoms with van der Waals surface area (Å²) in [5.41, 5.74) is 8.33. The first-order valence-corrected chi connectivity index (χ1v) is 8.43. The lowest BCUT2D eigenvalue weighted by molar-refractivity contribution is -0.114. The van der Waals surface area contributed by atoms with E-state index in [1.807, 2.05) is 51.1 Å². The molecule has 0 amide bonds. The first-order valence-electron chi connectivity index (χ1n) is 8.43. The largest absolute Gasteiger partial charge is 0.375 e. The fourth-order valence-corrected chi connectivity index (χ4v) is 2.80. The van der Waals surface area contributed by atoms with Gasteiger partial charge in [0.15, 0.2) is 0 Å². The Morgan fingerprint density at radius 2 is 1.76 bits per heavy atom. The fourth-order valence-electron chi connectivity index (χ4n) is 2.80. The number of aryl methyl sites for hydroxylation is 2. The minimum atomic E-state index is -1.06. The van der Waals surface area contributed by atoms with Crippen molar-refractivity contribution in [2.45, 2.75) is 45.3 Å². The molecule has 4 heteroatoms. The maximum Gasteiger partial charge on any atom is 0.141 e. The van der Waals surface area contributed by atoms with Crippen LogP contribution >= 0.6 is 0 Å². The molecule has 0 fully saturated rings. The number of carbonyl (C=O) groups is 1. The van der Waals surface area contributed by atoms with Crippen molar-refractivity contribution in [2.24, 2.45) is 5.73 Å². The van der Waals surface area contributed by atoms with Crippen molar-refractivity contribution in [3.05, 3.63) is 70.5 Å². The van der Waals surface area contributed by atoms with E-state index in [1.165, 1.54) is 6.07 Å². The topological polar surface area (TPSA) is 52.3 Å². The highest BCUT2D eigenvalue weighted by Crippen LogP contribution is 2.32. The molecule has 0 aliphatic rings. The number of hydrogen-bond acceptors (Lipinski definition) is 3. The summed E-state index contributed by atoms with van der Waals surface area (Å²) in [7, 11) is 0. The molecule has 3 atom stereocenters. The smallest absolute Gasteiger partial charge is 0.141 e. The van der Waals surface area contributed by atoms with E-state index in [-0.39, 0.29) is 24.4 Å². The maximum absolute atomic E-state index is 14.6. The van der Waals surface area contributed by atoms with Gasteiger partial charge >= 0.3 is 0 Å². The van der Waals surface area contributed by atoms with Crippen molar-refractivity contribution in [1.82, 2.24) is 0 Å². The van der Waals surface area contributed by atoms with E-state index >= 15 is 0 Å². The van der Waals surface area contributed by atoms with Crippen LogP contribution in [0.4, 0.5) is 4.39 Å². The molecule has 2 aromatic carbocycles. The molecule has 0 radical (unpaired) electrons. The molecule has 25 heavy (non-hydrogen) atoms. The van der Waals surface area contributed by atoms with Crippen LogP contribution in [0.25, 0.3) is 0 Å². The average Bonchev–Trinajstić information content (AvgIpc) is 2.57. The van der Waals surface area contributed by atoms with Crippen LogP contribution in [0.15, 0.2) is 42.5 Å². The Morgan fingerprint density at radius 3 is 2.32 bits per heavy atom. The zero-order valence-corrected chi connectivity index (χ0v) is 15.3. The second kappa shape index (κ2) is 7.89. The molecule has 0 saturated heterocycles. The number of nitrogens with two attached hydrogens (primary N) is 1. The summed E-state index contributed by atoms with van der Waals surface area (Å²) in [5.74, 6) is -0.546. The maximum atomic E-state index is 14.6. The van der Waals surface area contributed by atoms with Gasteiger partial charge in [0.2, 0.25) is 0 Å². The van der Waals surface area contributed by atoms with Gasteiger partial charge < -0.3 is 15.3 Å². The van der Waals surface area contributed by atoms with E-state index in [1.54, 1.807) is 13.0 Å². The molecule has 0 bridgehead atoms. The summed E-state index contributed by atoms with van der Waals surface area (Å²) in [6.45, 7) is 7.44. The third kappa shape index (κ3) is 4.97. The van der Waals surface area contributed by atoms with Gasteiger partial charge in [0, 0.05) is 5.92 Å². The Labute approximate surface area is 149 Å². The quantitative estimate of drug-likeness (QED) is 0.776. The van der Waals surface area contributed by atoms with Gasteiger partial charge in [-0.2, -0.15) is 0 Å². The predicted molar refractivity (Wildman–Crippen MR) is 98.2 cm³/mol. The highest BCUT2D eigenvalue weighted by atomic mass is 19.1. The van der Waals surface area contributed by atoms with Gasteiger partial charge in [0.1, 0.15) is 12.1 Å². The lowest BCUT2D eigenvalue weighted by atomic mass is 9.86. The lowest BCUT2D eigenvalue weighted by Gasteiger charge is -2.28. The summed E-state index contributed by atoms with van der Waals surface area (Å²) >= 11 is 0. The van der Waals surface area contributed by atoms with Crippen LogP contribution in [0.2, 0.25) is 0 Å². The summed E-state index contributed by atoms with van der Waals surface area (Å²) < 4.78 is 20.5. The first kappa shape index (κ1) is 19.3. The van der Waals surface area contributed by atoms with E-state index in [9.17, 15) is 9.18 Å². The molecular weight excluding hydrogens is 317 g/mol. The van der Waals surface area contributed by atoms with Crippen LogP contribution in [-0.2, 0) is 9.53 Å². The zero-order valence-electron chi connectivity index (χ0n) is 15.3. The zero-order chi connectivity index (χ0) is 18.6. The molecule has 0 aliphatic carbocycles. The molecule has 134 valence electrons. The van der Waals surface area contributed by atoms with Gasteiger partial charge in [0.05, 0.1) is 18.2 Å². The molecule has 3 nitrogen and oxygen atoms in total. The van der Waals surface area contributed by atoms with E-state index in [0.29, 0.717) is 11.8 Å². The lowest BCUT2D eigenvalue weighted by Crippen LogP contribution is -2.44. The summed E-state index contributed by atoms with van der Waals surface area (Å²) in [6.07, 6.45) is 0.329. The Bertz CT molecular complexity index is 725. The van der Waals surface area contributed by atoms with Crippen LogP contribution in [0.1, 0.15) is 42.0 Å². The molecule has 2 rings (SSSR count). The number of benzene rings is 2. The molecule has 0 unspecified atom stereocenters. The third-order valence-electron chi connectivity index (χ3n) is 4.32. The van der Waals surface area contributed by atoms with Crippen molar-refractivity contribution < 1.29 is 13.9 Å². The van der Waals surface area contributed by atoms with Crippen LogP contribution in [0.5, 0.6) is 0 Å². The van der Waals surface area contributed by atoms with Gasteiger partial charge in [-0.05, 0) is 50.5 Å². The Balaban J connectivity index is 2.38. The third-order valence-corrected chi connectivity index (χ3v) is 4.32. The Hall–Kier alpha value is -2.04. The molecule has 2 aromatic rings. The Morgan fingerprint density at radius 1 is 1.16 bits per heavy atom. The highest BCUT2D eigenvalue weighted by Gasteiger charge is 2.27. The van der Waals surface area contributed by atoms with Crippen LogP contribution < -0.4 is 5.73 Å². The highest BCUT2D eigenvalue weighted by molar-refractivity contribution is 5.63. The minimum absolute atomic E-state index is 0.0769. The second-order valence-corrected chi connectivity index (χ2v) is 7.05. The van der Waals surface area contributed by atoms with Crippen molar-refractivity contribution in [2.75, 3.05) is 6.61 Å². The van der Waals surface area contributed by atoms with E-state index in [4.69, 9.17) is 10.5 Å². The summed E-state index contributed by atoms with van der Waals surface area (Å²) in [5, 5.41) is 0. The van der Waals surface area contributed by atoms with Gasteiger partial charge in [-0.15, -0.1) is 0 Å². The minimum Gasteiger partial charge on any atom is -0.375 e. The van der Waals surface area contributed by atoms with Gasteiger partial charge in [-0.3, -0.25) is 0 Å². The second-order valence-electron chi connectivity index (χ2n) is 7.05. The standard InChI is InChI=1S/C21H26FNO2/c1-14-5-8-17(9-6-14)20(16(3)25-13-21(4,23)12-24)18-10-7-15(2)11-19(18)22/h5-12,16,20H,13,23H2,1-4H3/t16-,20+,21+/m0/s1. The van der Waals surface area contributed by atoms with E-state index in [2.05, 4.69) is 0 Å². The van der Waals surface area contributed by atoms with Crippen LogP contribution in [0.3, 0.4) is 0 Å². The molecule has 0 spiro atoms. The number of halogens is 1. The van der Waals surface area contributed by atoms with E-state index < -0.39 is 5.54 Å². The number of ether oxygens (including phenoxy) is 1. The van der Waals surface area contributed by atoms with Crippen molar-refractivity contribution in [3.8, 4) is 0 Å². The van der Waals surface area contributed by atoms with Gasteiger partial charge in [0.25, 0.3) is 0 Å². The normalized spacial score (nSPS) is 16.1. The first-order chi connectivity index (χ1) is 11.7. The summed E-state index contributed by atoms with van der Waals surface area (Å²) in [6, 6.07) is 13.2. The fraction of sp³-hybridized carbons (Fsp3) is 0.381. The Kier molecular flexibility index (Phi) is 6.09. The number of rotatable bonds is 7. The van der Waals surface area contributed by atoms with Crippen LogP contribution in [-0.4, -0.2) is 24.5 Å². The van der Waals surface area contributed by atoms with Crippen LogP contribution in [0, 0.1) is 19.7 Å². The summed E-state index contributed by atoms with van der Waals surface area (Å²) in [4.78, 5) is 11.0. The average molecular weight is 343 g/mol. The molecule has 2 N–H and O–H groups in total. The number of carbonyl (C=O) groups excluding carboxylic acids is 1. The van der Waals surface area contributed by atoms with Gasteiger partial charge in [-0.1, -0.05) is 42.0 Å².